The van der Waals surface area contributed by atoms with Crippen molar-refractivity contribution < 1.29 is 8.42 Å². The van der Waals surface area contributed by atoms with Gasteiger partial charge in [-0.2, -0.15) is 0 Å². The van der Waals surface area contributed by atoms with Gasteiger partial charge in [-0.3, -0.25) is 0 Å². The number of pyridine rings is 1. The minimum Gasteiger partial charge on any atom is -0.369 e. The molecule has 0 aliphatic rings. The maximum absolute atomic E-state index is 11.4. The fourth-order valence-corrected chi connectivity index (χ4v) is 2.94. The van der Waals surface area contributed by atoms with Gasteiger partial charge in [0.1, 0.15) is 5.82 Å². The Morgan fingerprint density at radius 2 is 2.11 bits per heavy atom. The van der Waals surface area contributed by atoms with Gasteiger partial charge in [0.25, 0.3) is 0 Å². The maximum atomic E-state index is 11.4. The standard InChI is InChI=1S/C11H17Cl2N3O2S/c1-3-16(19(2,17)18)6-4-5-14-11-10(13)7-9(12)8-15-11/h7-8H,3-6H2,1-2H3,(H,14,15). The zero-order chi connectivity index (χ0) is 14.5. The highest BCUT2D eigenvalue weighted by atomic mass is 35.5. The summed E-state index contributed by atoms with van der Waals surface area (Å²) in [5, 5.41) is 3.97. The van der Waals surface area contributed by atoms with Crippen molar-refractivity contribution in [1.82, 2.24) is 9.29 Å². The molecule has 1 heterocycles. The number of halogens is 2. The van der Waals surface area contributed by atoms with Crippen LogP contribution in [0, 0.1) is 0 Å². The second-order valence-corrected chi connectivity index (χ2v) is 6.85. The van der Waals surface area contributed by atoms with Crippen molar-refractivity contribution >= 4 is 39.0 Å². The molecule has 0 aromatic carbocycles. The van der Waals surface area contributed by atoms with E-state index in [2.05, 4.69) is 10.3 Å². The van der Waals surface area contributed by atoms with Gasteiger partial charge in [0.05, 0.1) is 16.3 Å². The fourth-order valence-electron chi connectivity index (χ4n) is 1.57. The first-order chi connectivity index (χ1) is 8.84. The van der Waals surface area contributed by atoms with E-state index in [0.717, 1.165) is 0 Å². The summed E-state index contributed by atoms with van der Waals surface area (Å²) in [6, 6.07) is 1.60. The predicted octanol–water partition coefficient (Wildman–Crippen LogP) is 2.47. The van der Waals surface area contributed by atoms with Crippen molar-refractivity contribution in [2.75, 3.05) is 31.2 Å². The van der Waals surface area contributed by atoms with E-state index in [4.69, 9.17) is 23.2 Å². The molecule has 0 atom stereocenters. The summed E-state index contributed by atoms with van der Waals surface area (Å²) in [5.41, 5.74) is 0. The number of sulfonamides is 1. The van der Waals surface area contributed by atoms with E-state index in [1.54, 1.807) is 6.07 Å². The first-order valence-corrected chi connectivity index (χ1v) is 8.45. The SMILES string of the molecule is CCN(CCCNc1ncc(Cl)cc1Cl)S(C)(=O)=O. The molecule has 0 saturated carbocycles. The van der Waals surface area contributed by atoms with Crippen molar-refractivity contribution in [1.29, 1.82) is 0 Å². The molecule has 0 saturated heterocycles. The molecule has 0 bridgehead atoms. The van der Waals surface area contributed by atoms with E-state index in [-0.39, 0.29) is 0 Å². The van der Waals surface area contributed by atoms with Crippen molar-refractivity contribution in [3.05, 3.63) is 22.3 Å². The second kappa shape index (κ2) is 7.28. The summed E-state index contributed by atoms with van der Waals surface area (Å²) in [4.78, 5) is 4.06. The second-order valence-electron chi connectivity index (χ2n) is 4.02. The van der Waals surface area contributed by atoms with Gasteiger partial charge in [0.2, 0.25) is 10.0 Å². The van der Waals surface area contributed by atoms with Gasteiger partial charge in [-0.15, -0.1) is 0 Å². The van der Waals surface area contributed by atoms with Gasteiger partial charge in [-0.1, -0.05) is 30.1 Å². The number of rotatable bonds is 7. The summed E-state index contributed by atoms with van der Waals surface area (Å²) in [5.74, 6) is 0.550. The third kappa shape index (κ3) is 5.52. The molecule has 0 unspecified atom stereocenters. The number of anilines is 1. The highest BCUT2D eigenvalue weighted by molar-refractivity contribution is 7.88. The summed E-state index contributed by atoms with van der Waals surface area (Å²) >= 11 is 11.7. The Morgan fingerprint density at radius 3 is 2.63 bits per heavy atom. The maximum Gasteiger partial charge on any atom is 0.211 e. The summed E-state index contributed by atoms with van der Waals surface area (Å²) in [6.07, 6.45) is 3.38. The van der Waals surface area contributed by atoms with Gasteiger partial charge in [-0.25, -0.2) is 17.7 Å². The van der Waals surface area contributed by atoms with Gasteiger partial charge in [0, 0.05) is 25.8 Å². The average molecular weight is 326 g/mol. The van der Waals surface area contributed by atoms with Crippen LogP contribution < -0.4 is 5.32 Å². The van der Waals surface area contributed by atoms with Crippen LogP contribution in [0.15, 0.2) is 12.3 Å². The Labute approximate surface area is 124 Å². The van der Waals surface area contributed by atoms with Gasteiger partial charge >= 0.3 is 0 Å². The van der Waals surface area contributed by atoms with Gasteiger partial charge in [-0.05, 0) is 12.5 Å². The molecule has 1 N–H and O–H groups in total. The van der Waals surface area contributed by atoms with E-state index >= 15 is 0 Å². The van der Waals surface area contributed by atoms with Crippen LogP contribution in [0.5, 0.6) is 0 Å². The zero-order valence-corrected chi connectivity index (χ0v) is 13.2. The van der Waals surface area contributed by atoms with Crippen LogP contribution in [0.3, 0.4) is 0 Å². The van der Waals surface area contributed by atoms with Crippen molar-refractivity contribution in [3.8, 4) is 0 Å². The molecule has 5 nitrogen and oxygen atoms in total. The molecule has 108 valence electrons. The van der Waals surface area contributed by atoms with Gasteiger partial charge < -0.3 is 5.32 Å². The van der Waals surface area contributed by atoms with Crippen molar-refractivity contribution in [2.24, 2.45) is 0 Å². The van der Waals surface area contributed by atoms with Crippen LogP contribution in [0.1, 0.15) is 13.3 Å². The van der Waals surface area contributed by atoms with Crippen LogP contribution in [0.2, 0.25) is 10.0 Å². The molecule has 0 aliphatic carbocycles. The smallest absolute Gasteiger partial charge is 0.211 e. The van der Waals surface area contributed by atoms with Crippen LogP contribution >= 0.6 is 23.2 Å². The largest absolute Gasteiger partial charge is 0.369 e. The molecule has 0 amide bonds. The third-order valence-corrected chi connectivity index (χ3v) is 4.38. The Morgan fingerprint density at radius 1 is 1.42 bits per heavy atom. The van der Waals surface area contributed by atoms with E-state index < -0.39 is 10.0 Å². The van der Waals surface area contributed by atoms with Crippen LogP contribution in [-0.2, 0) is 10.0 Å². The summed E-state index contributed by atoms with van der Waals surface area (Å²) in [7, 11) is -3.13. The predicted molar refractivity (Wildman–Crippen MR) is 79.5 cm³/mol. The zero-order valence-electron chi connectivity index (χ0n) is 10.9. The molecule has 1 aromatic rings. The first kappa shape index (κ1) is 16.5. The quantitative estimate of drug-likeness (QED) is 0.782. The Kier molecular flexibility index (Phi) is 6.32. The highest BCUT2D eigenvalue weighted by Gasteiger charge is 2.13. The molecule has 1 rings (SSSR count). The molecule has 8 heteroatoms. The molecule has 1 aromatic heterocycles. The van der Waals surface area contributed by atoms with E-state index in [9.17, 15) is 8.42 Å². The van der Waals surface area contributed by atoms with E-state index in [1.165, 1.54) is 16.8 Å². The minimum atomic E-state index is -3.13. The normalized spacial score (nSPS) is 11.8. The van der Waals surface area contributed by atoms with Crippen LogP contribution in [0.25, 0.3) is 0 Å². The lowest BCUT2D eigenvalue weighted by Crippen LogP contribution is -2.31. The van der Waals surface area contributed by atoms with Crippen molar-refractivity contribution in [3.63, 3.8) is 0 Å². The molecular formula is C11H17Cl2N3O2S. The lowest BCUT2D eigenvalue weighted by Gasteiger charge is -2.17. The molecule has 0 fully saturated rings. The highest BCUT2D eigenvalue weighted by Crippen LogP contribution is 2.22. The molecule has 19 heavy (non-hydrogen) atoms. The summed E-state index contributed by atoms with van der Waals surface area (Å²) in [6.45, 7) is 3.33. The van der Waals surface area contributed by atoms with E-state index in [1.807, 2.05) is 6.92 Å². The van der Waals surface area contributed by atoms with Crippen molar-refractivity contribution in [2.45, 2.75) is 13.3 Å². The number of nitrogens with one attached hydrogen (secondary N) is 1. The Bertz CT molecular complexity index is 523. The lowest BCUT2D eigenvalue weighted by molar-refractivity contribution is 0.428. The number of hydrogen-bond acceptors (Lipinski definition) is 4. The molecular weight excluding hydrogens is 309 g/mol. The van der Waals surface area contributed by atoms with Gasteiger partial charge in [0.15, 0.2) is 0 Å². The first-order valence-electron chi connectivity index (χ1n) is 5.84. The fraction of sp³-hybridized carbons (Fsp3) is 0.545. The molecule has 0 aliphatic heterocycles. The van der Waals surface area contributed by atoms with E-state index in [0.29, 0.717) is 41.9 Å². The molecule has 0 radical (unpaired) electrons. The van der Waals surface area contributed by atoms with Crippen LogP contribution in [-0.4, -0.2) is 43.6 Å². The number of nitrogens with zero attached hydrogens (tertiary/aromatic N) is 2. The summed E-state index contributed by atoms with van der Waals surface area (Å²) < 4.78 is 24.2. The topological polar surface area (TPSA) is 62.3 Å². The average Bonchev–Trinajstić information content (AvgIpc) is 2.29. The minimum absolute atomic E-state index is 0.447. The third-order valence-electron chi connectivity index (χ3n) is 2.51. The Balaban J connectivity index is 2.42. The number of hydrogen-bond donors (Lipinski definition) is 1. The monoisotopic (exact) mass is 325 g/mol. The Hall–Kier alpha value is -0.560. The van der Waals surface area contributed by atoms with Crippen LogP contribution in [0.4, 0.5) is 5.82 Å². The molecule has 0 spiro atoms. The lowest BCUT2D eigenvalue weighted by atomic mass is 10.4. The number of aromatic nitrogens is 1.